The van der Waals surface area contributed by atoms with E-state index in [1.165, 1.54) is 12.1 Å². The molecular formula is C21H30FN7O2. The van der Waals surface area contributed by atoms with Gasteiger partial charge in [0.25, 0.3) is 0 Å². The number of hydrogen-bond donors (Lipinski definition) is 3. The molecule has 4 N–H and O–H groups in total. The SMILES string of the molecule is CC(C)(C)OC(=O)NCC1CCN(Cc2nc(N)nc(Nc3ccc(F)cc3)n2)CC1. The number of carbonyl (C=O) groups is 1. The molecule has 10 heteroatoms. The molecule has 0 unspecified atom stereocenters. The number of ether oxygens (including phenoxy) is 1. The summed E-state index contributed by atoms with van der Waals surface area (Å²) in [5, 5.41) is 5.87. The molecule has 2 heterocycles. The number of nitrogens with one attached hydrogen (secondary N) is 2. The average molecular weight is 432 g/mol. The summed E-state index contributed by atoms with van der Waals surface area (Å²) in [5.74, 6) is 1.12. The van der Waals surface area contributed by atoms with Crippen LogP contribution in [-0.4, -0.2) is 51.2 Å². The number of aromatic nitrogens is 3. The standard InChI is InChI=1S/C21H30FN7O2/c1-21(2,3)31-20(30)24-12-14-8-10-29(11-9-14)13-17-26-18(23)28-19(27-17)25-16-6-4-15(22)5-7-16/h4-7,14H,8-13H2,1-3H3,(H,24,30)(H3,23,25,26,27,28). The van der Waals surface area contributed by atoms with Crippen molar-refractivity contribution in [2.75, 3.05) is 30.7 Å². The molecule has 9 nitrogen and oxygen atoms in total. The van der Waals surface area contributed by atoms with Crippen LogP contribution in [0.3, 0.4) is 0 Å². The van der Waals surface area contributed by atoms with Crippen LogP contribution in [0.25, 0.3) is 0 Å². The van der Waals surface area contributed by atoms with Crippen LogP contribution in [0.4, 0.5) is 26.8 Å². The summed E-state index contributed by atoms with van der Waals surface area (Å²) in [7, 11) is 0. The van der Waals surface area contributed by atoms with Crippen LogP contribution in [-0.2, 0) is 11.3 Å². The van der Waals surface area contributed by atoms with Crippen LogP contribution >= 0.6 is 0 Å². The molecule has 0 spiro atoms. The lowest BCUT2D eigenvalue weighted by Crippen LogP contribution is -2.40. The van der Waals surface area contributed by atoms with Crippen molar-refractivity contribution in [2.45, 2.75) is 45.8 Å². The normalized spacial score (nSPS) is 15.5. The number of nitrogen functional groups attached to an aromatic ring is 1. The molecule has 1 aliphatic rings. The third-order valence-electron chi connectivity index (χ3n) is 4.81. The van der Waals surface area contributed by atoms with Crippen molar-refractivity contribution in [3.8, 4) is 0 Å². The van der Waals surface area contributed by atoms with Crippen molar-refractivity contribution in [2.24, 2.45) is 5.92 Å². The molecule has 1 aromatic heterocycles. The summed E-state index contributed by atoms with van der Waals surface area (Å²) in [6.07, 6.45) is 1.53. The highest BCUT2D eigenvalue weighted by atomic mass is 19.1. The van der Waals surface area contributed by atoms with Gasteiger partial charge in [-0.05, 0) is 76.9 Å². The number of piperidine rings is 1. The second-order valence-corrected chi connectivity index (χ2v) is 8.67. The van der Waals surface area contributed by atoms with E-state index >= 15 is 0 Å². The summed E-state index contributed by atoms with van der Waals surface area (Å²) in [6.45, 7) is 8.43. The second kappa shape index (κ2) is 9.86. The number of amides is 1. The zero-order valence-electron chi connectivity index (χ0n) is 18.2. The minimum absolute atomic E-state index is 0.131. The number of nitrogens with two attached hydrogens (primary N) is 1. The van der Waals surface area contributed by atoms with Gasteiger partial charge < -0.3 is 21.1 Å². The van der Waals surface area contributed by atoms with Gasteiger partial charge in [0.1, 0.15) is 17.2 Å². The van der Waals surface area contributed by atoms with E-state index in [0.29, 0.717) is 36.5 Å². The smallest absolute Gasteiger partial charge is 0.407 e. The Kier molecular flexibility index (Phi) is 7.21. The van der Waals surface area contributed by atoms with Gasteiger partial charge in [0.05, 0.1) is 6.54 Å². The Balaban J connectivity index is 1.48. The van der Waals surface area contributed by atoms with Gasteiger partial charge in [-0.25, -0.2) is 9.18 Å². The molecule has 168 valence electrons. The second-order valence-electron chi connectivity index (χ2n) is 8.67. The van der Waals surface area contributed by atoms with Crippen molar-refractivity contribution < 1.29 is 13.9 Å². The third-order valence-corrected chi connectivity index (χ3v) is 4.81. The van der Waals surface area contributed by atoms with E-state index in [1.807, 2.05) is 20.8 Å². The van der Waals surface area contributed by atoms with Crippen LogP contribution < -0.4 is 16.4 Å². The fourth-order valence-electron chi connectivity index (χ4n) is 3.32. The van der Waals surface area contributed by atoms with Crippen molar-refractivity contribution in [3.05, 3.63) is 35.9 Å². The van der Waals surface area contributed by atoms with Gasteiger partial charge in [0, 0.05) is 12.2 Å². The Morgan fingerprint density at radius 2 is 1.87 bits per heavy atom. The van der Waals surface area contributed by atoms with Crippen LogP contribution in [0.2, 0.25) is 0 Å². The number of halogens is 1. The molecule has 31 heavy (non-hydrogen) atoms. The molecule has 0 saturated carbocycles. The minimum Gasteiger partial charge on any atom is -0.444 e. The highest BCUT2D eigenvalue weighted by molar-refractivity contribution is 5.67. The first kappa shape index (κ1) is 22.7. The van der Waals surface area contributed by atoms with Crippen LogP contribution in [0.5, 0.6) is 0 Å². The molecule has 0 aliphatic carbocycles. The van der Waals surface area contributed by atoms with Gasteiger partial charge in [0.15, 0.2) is 0 Å². The molecule has 0 atom stereocenters. The zero-order valence-corrected chi connectivity index (χ0v) is 18.2. The zero-order chi connectivity index (χ0) is 22.4. The molecule has 2 aromatic rings. The van der Waals surface area contributed by atoms with Crippen molar-refractivity contribution in [1.29, 1.82) is 0 Å². The van der Waals surface area contributed by atoms with Crippen LogP contribution in [0.15, 0.2) is 24.3 Å². The number of benzene rings is 1. The predicted molar refractivity (Wildman–Crippen MR) is 116 cm³/mol. The largest absolute Gasteiger partial charge is 0.444 e. The highest BCUT2D eigenvalue weighted by Gasteiger charge is 2.22. The fourth-order valence-corrected chi connectivity index (χ4v) is 3.32. The number of hydrogen-bond acceptors (Lipinski definition) is 8. The maximum Gasteiger partial charge on any atom is 0.407 e. The molecule has 1 saturated heterocycles. The topological polar surface area (TPSA) is 118 Å². The maximum atomic E-state index is 13.1. The number of alkyl carbamates (subject to hydrolysis) is 1. The molecule has 1 aliphatic heterocycles. The summed E-state index contributed by atoms with van der Waals surface area (Å²) >= 11 is 0. The van der Waals surface area contributed by atoms with Gasteiger partial charge in [-0.3, -0.25) is 4.90 Å². The van der Waals surface area contributed by atoms with E-state index in [4.69, 9.17) is 10.5 Å². The van der Waals surface area contributed by atoms with Crippen molar-refractivity contribution >= 4 is 23.7 Å². The van der Waals surface area contributed by atoms with Gasteiger partial charge in [0.2, 0.25) is 11.9 Å². The first-order chi connectivity index (χ1) is 14.7. The van der Waals surface area contributed by atoms with E-state index in [2.05, 4.69) is 30.5 Å². The lowest BCUT2D eigenvalue weighted by Gasteiger charge is -2.31. The lowest BCUT2D eigenvalue weighted by molar-refractivity contribution is 0.0509. The van der Waals surface area contributed by atoms with Crippen LogP contribution in [0.1, 0.15) is 39.4 Å². The maximum absolute atomic E-state index is 13.1. The van der Waals surface area contributed by atoms with E-state index in [0.717, 1.165) is 25.9 Å². The van der Waals surface area contributed by atoms with Gasteiger partial charge in [-0.1, -0.05) is 0 Å². The Morgan fingerprint density at radius 3 is 2.52 bits per heavy atom. The Labute approximate surface area is 181 Å². The van der Waals surface area contributed by atoms with Gasteiger partial charge >= 0.3 is 6.09 Å². The van der Waals surface area contributed by atoms with Gasteiger partial charge in [-0.15, -0.1) is 0 Å². The molecular weight excluding hydrogens is 401 g/mol. The number of carbonyl (C=O) groups excluding carboxylic acids is 1. The van der Waals surface area contributed by atoms with E-state index in [-0.39, 0.29) is 17.9 Å². The summed E-state index contributed by atoms with van der Waals surface area (Å²) < 4.78 is 18.4. The molecule has 1 aromatic carbocycles. The summed E-state index contributed by atoms with van der Waals surface area (Å²) in [4.78, 5) is 26.8. The number of nitrogens with zero attached hydrogens (tertiary/aromatic N) is 4. The summed E-state index contributed by atoms with van der Waals surface area (Å²) in [6, 6.07) is 5.92. The van der Waals surface area contributed by atoms with E-state index in [1.54, 1.807) is 12.1 Å². The van der Waals surface area contributed by atoms with Crippen molar-refractivity contribution in [3.63, 3.8) is 0 Å². The van der Waals surface area contributed by atoms with E-state index < -0.39 is 5.60 Å². The van der Waals surface area contributed by atoms with Crippen LogP contribution in [0, 0.1) is 11.7 Å². The summed E-state index contributed by atoms with van der Waals surface area (Å²) in [5.41, 5.74) is 6.01. The predicted octanol–water partition coefficient (Wildman–Crippen LogP) is 3.07. The fraction of sp³-hybridized carbons (Fsp3) is 0.524. The molecule has 0 bridgehead atoms. The minimum atomic E-state index is -0.496. The average Bonchev–Trinajstić information content (AvgIpc) is 2.67. The molecule has 0 radical (unpaired) electrons. The van der Waals surface area contributed by atoms with E-state index in [9.17, 15) is 9.18 Å². The molecule has 3 rings (SSSR count). The Morgan fingerprint density at radius 1 is 1.19 bits per heavy atom. The number of rotatable bonds is 6. The monoisotopic (exact) mass is 431 g/mol. The lowest BCUT2D eigenvalue weighted by atomic mass is 9.97. The number of likely N-dealkylation sites (tertiary alicyclic amines) is 1. The third kappa shape index (κ3) is 7.63. The first-order valence-corrected chi connectivity index (χ1v) is 10.4. The molecule has 1 amide bonds. The van der Waals surface area contributed by atoms with Gasteiger partial charge in [-0.2, -0.15) is 15.0 Å². The first-order valence-electron chi connectivity index (χ1n) is 10.4. The Hall–Kier alpha value is -3.01. The highest BCUT2D eigenvalue weighted by Crippen LogP contribution is 2.19. The quantitative estimate of drug-likeness (QED) is 0.639. The molecule has 1 fully saturated rings. The van der Waals surface area contributed by atoms with Crippen molar-refractivity contribution in [1.82, 2.24) is 25.2 Å². The Bertz CT molecular complexity index is 878. The number of anilines is 3.